The van der Waals surface area contributed by atoms with E-state index >= 15 is 0 Å². The van der Waals surface area contributed by atoms with Crippen LogP contribution in [0.2, 0.25) is 0 Å². The van der Waals surface area contributed by atoms with E-state index < -0.39 is 11.1 Å². The van der Waals surface area contributed by atoms with Crippen molar-refractivity contribution in [3.05, 3.63) is 63.7 Å². The summed E-state index contributed by atoms with van der Waals surface area (Å²) in [5.74, 6) is 0. The minimum atomic E-state index is -0.673. The Balaban J connectivity index is 2.12. The van der Waals surface area contributed by atoms with Crippen LogP contribution in [0, 0.1) is 0 Å². The second-order valence-electron chi connectivity index (χ2n) is 4.47. The van der Waals surface area contributed by atoms with Gasteiger partial charge in [0.25, 0.3) is 0 Å². The van der Waals surface area contributed by atoms with E-state index in [9.17, 15) is 9.59 Å². The fourth-order valence-electron chi connectivity index (χ4n) is 2.07. The fourth-order valence-corrected chi connectivity index (χ4v) is 5.00. The Morgan fingerprint density at radius 3 is 2.33 bits per heavy atom. The van der Waals surface area contributed by atoms with Gasteiger partial charge in [-0.05, 0) is 61.2 Å². The van der Waals surface area contributed by atoms with Gasteiger partial charge in [-0.15, -0.1) is 11.3 Å². The van der Waals surface area contributed by atoms with Gasteiger partial charge in [-0.1, -0.05) is 6.07 Å². The van der Waals surface area contributed by atoms with E-state index in [1.165, 1.54) is 0 Å². The lowest BCUT2D eigenvalue weighted by atomic mass is 10.0. The predicted octanol–water partition coefficient (Wildman–Crippen LogP) is 2.85. The third kappa shape index (κ3) is 2.76. The Labute approximate surface area is 139 Å². The van der Waals surface area contributed by atoms with Crippen LogP contribution >= 0.6 is 43.2 Å². The number of fused-ring (bicyclic) bond motifs is 1. The number of benzene rings is 1. The number of H-pyrrole nitrogens is 2. The molecule has 0 aliphatic carbocycles. The molecule has 0 saturated heterocycles. The van der Waals surface area contributed by atoms with Gasteiger partial charge in [-0.2, -0.15) is 0 Å². The van der Waals surface area contributed by atoms with Crippen LogP contribution in [0.3, 0.4) is 0 Å². The summed E-state index contributed by atoms with van der Waals surface area (Å²) < 4.78 is 1.94. The van der Waals surface area contributed by atoms with Gasteiger partial charge in [0.2, 0.25) is 0 Å². The first-order chi connectivity index (χ1) is 9.95. The van der Waals surface area contributed by atoms with Crippen molar-refractivity contribution in [2.75, 3.05) is 0 Å². The van der Waals surface area contributed by atoms with E-state index in [4.69, 9.17) is 5.73 Å². The summed E-state index contributed by atoms with van der Waals surface area (Å²) in [4.78, 5) is 27.8. The van der Waals surface area contributed by atoms with Gasteiger partial charge in [-0.3, -0.25) is 9.59 Å². The highest BCUT2D eigenvalue weighted by Gasteiger charge is 2.16. The molecular formula is C13H9Br2N3O2S. The zero-order valence-corrected chi connectivity index (χ0v) is 14.4. The highest BCUT2D eigenvalue weighted by Crippen LogP contribution is 2.37. The molecule has 0 aliphatic heterocycles. The SMILES string of the molecule is NC(c1ccc2[nH]c(=O)c(=O)[nH]c2c1)c1cc(Br)sc1Br. The largest absolute Gasteiger partial charge is 0.320 e. The molecule has 3 aromatic rings. The maximum absolute atomic E-state index is 11.4. The van der Waals surface area contributed by atoms with Crippen molar-refractivity contribution >= 4 is 54.2 Å². The lowest BCUT2D eigenvalue weighted by Gasteiger charge is -2.12. The number of hydrogen-bond donors (Lipinski definition) is 3. The molecule has 2 aromatic heterocycles. The predicted molar refractivity (Wildman–Crippen MR) is 90.9 cm³/mol. The molecule has 0 aliphatic rings. The molecule has 0 amide bonds. The molecule has 3 rings (SSSR count). The van der Waals surface area contributed by atoms with Crippen molar-refractivity contribution in [1.29, 1.82) is 0 Å². The third-order valence-corrected chi connectivity index (χ3v) is 5.51. The lowest BCUT2D eigenvalue weighted by molar-refractivity contribution is 0.873. The summed E-state index contributed by atoms with van der Waals surface area (Å²) in [6, 6.07) is 6.96. The van der Waals surface area contributed by atoms with E-state index in [-0.39, 0.29) is 6.04 Å². The Morgan fingerprint density at radius 1 is 1.05 bits per heavy atom. The van der Waals surface area contributed by atoms with Crippen molar-refractivity contribution in [2.45, 2.75) is 6.04 Å². The van der Waals surface area contributed by atoms with Crippen LogP contribution in [-0.2, 0) is 0 Å². The van der Waals surface area contributed by atoms with Gasteiger partial charge < -0.3 is 15.7 Å². The number of rotatable bonds is 2. The number of halogens is 2. The molecular weight excluding hydrogens is 422 g/mol. The molecule has 0 bridgehead atoms. The highest BCUT2D eigenvalue weighted by molar-refractivity contribution is 9.12. The monoisotopic (exact) mass is 429 g/mol. The van der Waals surface area contributed by atoms with Crippen LogP contribution in [0.5, 0.6) is 0 Å². The molecule has 1 aromatic carbocycles. The van der Waals surface area contributed by atoms with E-state index in [1.807, 2.05) is 12.1 Å². The molecule has 5 nitrogen and oxygen atoms in total. The molecule has 21 heavy (non-hydrogen) atoms. The first-order valence-electron chi connectivity index (χ1n) is 5.92. The van der Waals surface area contributed by atoms with Gasteiger partial charge >= 0.3 is 11.1 Å². The molecule has 0 saturated carbocycles. The maximum atomic E-state index is 11.4. The van der Waals surface area contributed by atoms with Crippen molar-refractivity contribution in [2.24, 2.45) is 5.73 Å². The standard InChI is InChI=1S/C13H9Br2N3O2S/c14-9-4-6(11(15)21-9)10(16)5-1-2-7-8(3-5)18-13(20)12(19)17-7/h1-4,10H,16H2,(H,17,19)(H,18,20). The number of thiophene rings is 1. The molecule has 1 atom stereocenters. The summed E-state index contributed by atoms with van der Waals surface area (Å²) in [7, 11) is 0. The second kappa shape index (κ2) is 5.53. The second-order valence-corrected chi connectivity index (χ2v) is 8.22. The van der Waals surface area contributed by atoms with E-state index in [0.29, 0.717) is 11.0 Å². The Hall–Kier alpha value is -1.22. The average molecular weight is 431 g/mol. The van der Waals surface area contributed by atoms with E-state index in [0.717, 1.165) is 18.7 Å². The van der Waals surface area contributed by atoms with Crippen LogP contribution in [0.25, 0.3) is 11.0 Å². The third-order valence-electron chi connectivity index (χ3n) is 3.12. The summed E-state index contributed by atoms with van der Waals surface area (Å²) in [5.41, 5.74) is 7.87. The first-order valence-corrected chi connectivity index (χ1v) is 8.32. The van der Waals surface area contributed by atoms with Gasteiger partial charge in [0.15, 0.2) is 0 Å². The molecule has 0 radical (unpaired) electrons. The van der Waals surface area contributed by atoms with Gasteiger partial charge in [0, 0.05) is 0 Å². The van der Waals surface area contributed by atoms with Gasteiger partial charge in [0.1, 0.15) is 0 Å². The minimum Gasteiger partial charge on any atom is -0.320 e. The quantitative estimate of drug-likeness (QED) is 0.546. The molecule has 2 heterocycles. The Bertz CT molecular complexity index is 944. The highest BCUT2D eigenvalue weighted by atomic mass is 79.9. The van der Waals surface area contributed by atoms with Crippen LogP contribution in [-0.4, -0.2) is 9.97 Å². The van der Waals surface area contributed by atoms with Crippen molar-refractivity contribution in [1.82, 2.24) is 9.97 Å². The maximum Gasteiger partial charge on any atom is 0.314 e. The number of aromatic amines is 2. The van der Waals surface area contributed by atoms with Crippen LogP contribution in [0.4, 0.5) is 0 Å². The number of nitrogens with two attached hydrogens (primary N) is 1. The molecule has 0 fully saturated rings. The number of nitrogens with one attached hydrogen (secondary N) is 2. The minimum absolute atomic E-state index is 0.332. The topological polar surface area (TPSA) is 91.7 Å². The van der Waals surface area contributed by atoms with Crippen molar-refractivity contribution < 1.29 is 0 Å². The van der Waals surface area contributed by atoms with Crippen LogP contribution in [0.1, 0.15) is 17.2 Å². The Kier molecular flexibility index (Phi) is 3.87. The van der Waals surface area contributed by atoms with E-state index in [1.54, 1.807) is 23.5 Å². The van der Waals surface area contributed by atoms with Crippen molar-refractivity contribution in [3.63, 3.8) is 0 Å². The Morgan fingerprint density at radius 2 is 1.71 bits per heavy atom. The molecule has 108 valence electrons. The van der Waals surface area contributed by atoms with Crippen molar-refractivity contribution in [3.8, 4) is 0 Å². The number of hydrogen-bond acceptors (Lipinski definition) is 4. The fraction of sp³-hybridized carbons (Fsp3) is 0.0769. The number of aromatic nitrogens is 2. The summed E-state index contributed by atoms with van der Waals surface area (Å²) in [6.45, 7) is 0. The zero-order chi connectivity index (χ0) is 15.1. The molecule has 0 spiro atoms. The molecule has 4 N–H and O–H groups in total. The molecule has 1 unspecified atom stereocenters. The van der Waals surface area contributed by atoms with Crippen LogP contribution in [0.15, 0.2) is 41.4 Å². The summed E-state index contributed by atoms with van der Waals surface area (Å²) in [6.07, 6.45) is 0. The van der Waals surface area contributed by atoms with Gasteiger partial charge in [0.05, 0.1) is 24.6 Å². The smallest absolute Gasteiger partial charge is 0.314 e. The normalized spacial score (nSPS) is 12.7. The summed E-state index contributed by atoms with van der Waals surface area (Å²) in [5, 5.41) is 0. The summed E-state index contributed by atoms with van der Waals surface area (Å²) >= 11 is 8.46. The first kappa shape index (κ1) is 14.7. The zero-order valence-electron chi connectivity index (χ0n) is 10.4. The molecule has 8 heteroatoms. The van der Waals surface area contributed by atoms with E-state index in [2.05, 4.69) is 41.8 Å². The lowest BCUT2D eigenvalue weighted by Crippen LogP contribution is -2.29. The average Bonchev–Trinajstić information content (AvgIpc) is 2.78. The van der Waals surface area contributed by atoms with Crippen LogP contribution < -0.4 is 16.9 Å². The van der Waals surface area contributed by atoms with Gasteiger partial charge in [-0.25, -0.2) is 0 Å².